The molecule has 1 unspecified atom stereocenters. The highest BCUT2D eigenvalue weighted by Crippen LogP contribution is 2.44. The van der Waals surface area contributed by atoms with E-state index in [1.165, 1.54) is 0 Å². The standard InChI is InChI=1S/C23H25N3O3/c1-23(2,3)25-22(27)20(14-8-9-14)26-17-7-5-4-6-16(17)24-21(26)15-10-11-18-19(12-15)29-13-28-18/h4-7,10-12,14,20H,8-9,13H2,1-3H3,(H,25,27). The lowest BCUT2D eigenvalue weighted by atomic mass is 10.1. The van der Waals surface area contributed by atoms with Gasteiger partial charge in [-0.15, -0.1) is 0 Å². The molecule has 1 aromatic heterocycles. The zero-order valence-electron chi connectivity index (χ0n) is 16.9. The molecule has 1 aliphatic heterocycles. The smallest absolute Gasteiger partial charge is 0.243 e. The highest BCUT2D eigenvalue weighted by atomic mass is 16.7. The lowest BCUT2D eigenvalue weighted by Crippen LogP contribution is -2.45. The van der Waals surface area contributed by atoms with Gasteiger partial charge in [-0.2, -0.15) is 0 Å². The summed E-state index contributed by atoms with van der Waals surface area (Å²) in [6.45, 7) is 6.27. The van der Waals surface area contributed by atoms with Gasteiger partial charge in [0.15, 0.2) is 11.5 Å². The molecular weight excluding hydrogens is 366 g/mol. The molecule has 5 rings (SSSR count). The fraction of sp³-hybridized carbons (Fsp3) is 0.391. The fourth-order valence-corrected chi connectivity index (χ4v) is 3.96. The topological polar surface area (TPSA) is 65.4 Å². The number of nitrogens with one attached hydrogen (secondary N) is 1. The van der Waals surface area contributed by atoms with Gasteiger partial charge in [0, 0.05) is 11.1 Å². The molecule has 1 atom stereocenters. The van der Waals surface area contributed by atoms with E-state index in [9.17, 15) is 4.79 Å². The van der Waals surface area contributed by atoms with Crippen LogP contribution in [0.4, 0.5) is 0 Å². The van der Waals surface area contributed by atoms with E-state index in [0.717, 1.165) is 41.0 Å². The van der Waals surface area contributed by atoms with Crippen molar-refractivity contribution in [1.29, 1.82) is 0 Å². The third-order valence-corrected chi connectivity index (χ3v) is 5.34. The number of ether oxygens (including phenoxy) is 2. The molecule has 6 nitrogen and oxygen atoms in total. The van der Waals surface area contributed by atoms with E-state index >= 15 is 0 Å². The molecule has 1 aliphatic carbocycles. The van der Waals surface area contributed by atoms with E-state index in [4.69, 9.17) is 14.5 Å². The summed E-state index contributed by atoms with van der Waals surface area (Å²) >= 11 is 0. The Hall–Kier alpha value is -3.02. The van der Waals surface area contributed by atoms with E-state index in [1.807, 2.05) is 63.2 Å². The molecule has 0 radical (unpaired) electrons. The van der Waals surface area contributed by atoms with Crippen molar-refractivity contribution in [2.75, 3.05) is 6.79 Å². The Kier molecular flexibility index (Phi) is 4.05. The Labute approximate surface area is 169 Å². The number of rotatable bonds is 4. The molecule has 150 valence electrons. The maximum absolute atomic E-state index is 13.3. The molecule has 3 aromatic rings. The molecule has 0 saturated heterocycles. The van der Waals surface area contributed by atoms with Gasteiger partial charge in [0.2, 0.25) is 12.7 Å². The Balaban J connectivity index is 1.67. The summed E-state index contributed by atoms with van der Waals surface area (Å²) in [4.78, 5) is 18.3. The molecule has 1 amide bonds. The van der Waals surface area contributed by atoms with Gasteiger partial charge in [-0.1, -0.05) is 12.1 Å². The molecule has 0 spiro atoms. The molecule has 1 N–H and O–H groups in total. The van der Waals surface area contributed by atoms with E-state index in [0.29, 0.717) is 11.7 Å². The van der Waals surface area contributed by atoms with Crippen molar-refractivity contribution in [2.45, 2.75) is 45.2 Å². The van der Waals surface area contributed by atoms with Crippen molar-refractivity contribution in [1.82, 2.24) is 14.9 Å². The quantitative estimate of drug-likeness (QED) is 0.720. The summed E-state index contributed by atoms with van der Waals surface area (Å²) in [5.74, 6) is 2.60. The van der Waals surface area contributed by atoms with Crippen molar-refractivity contribution in [3.63, 3.8) is 0 Å². The monoisotopic (exact) mass is 391 g/mol. The highest BCUT2D eigenvalue weighted by Gasteiger charge is 2.40. The Morgan fingerprint density at radius 2 is 1.90 bits per heavy atom. The number of nitrogens with zero attached hydrogens (tertiary/aromatic N) is 2. The molecule has 29 heavy (non-hydrogen) atoms. The first-order valence-electron chi connectivity index (χ1n) is 10.1. The van der Waals surface area contributed by atoms with Crippen LogP contribution in [0.5, 0.6) is 11.5 Å². The molecule has 0 bridgehead atoms. The number of carbonyl (C=O) groups excluding carboxylic acids is 1. The Morgan fingerprint density at radius 1 is 1.14 bits per heavy atom. The molecule has 2 aliphatic rings. The van der Waals surface area contributed by atoms with E-state index in [-0.39, 0.29) is 24.3 Å². The number of hydrogen-bond acceptors (Lipinski definition) is 4. The number of imidazole rings is 1. The summed E-state index contributed by atoms with van der Waals surface area (Å²) in [5.41, 5.74) is 2.48. The van der Waals surface area contributed by atoms with Crippen molar-refractivity contribution < 1.29 is 14.3 Å². The second-order valence-electron chi connectivity index (χ2n) is 8.88. The van der Waals surface area contributed by atoms with Crippen molar-refractivity contribution in [3.8, 4) is 22.9 Å². The predicted molar refractivity (Wildman–Crippen MR) is 111 cm³/mol. The fourth-order valence-electron chi connectivity index (χ4n) is 3.96. The van der Waals surface area contributed by atoms with E-state index in [1.54, 1.807) is 0 Å². The van der Waals surface area contributed by atoms with Crippen LogP contribution >= 0.6 is 0 Å². The van der Waals surface area contributed by atoms with Crippen molar-refractivity contribution in [3.05, 3.63) is 42.5 Å². The van der Waals surface area contributed by atoms with Crippen LogP contribution in [0.1, 0.15) is 39.7 Å². The minimum atomic E-state index is -0.292. The molecule has 1 fully saturated rings. The number of benzene rings is 2. The third kappa shape index (κ3) is 3.33. The maximum Gasteiger partial charge on any atom is 0.243 e. The number of fused-ring (bicyclic) bond motifs is 2. The lowest BCUT2D eigenvalue weighted by molar-refractivity contribution is -0.126. The van der Waals surface area contributed by atoms with Gasteiger partial charge in [0.05, 0.1) is 11.0 Å². The van der Waals surface area contributed by atoms with Crippen LogP contribution in [-0.2, 0) is 4.79 Å². The normalized spacial score (nSPS) is 16.8. The first-order chi connectivity index (χ1) is 13.9. The van der Waals surface area contributed by atoms with Crippen LogP contribution in [-0.4, -0.2) is 27.8 Å². The lowest BCUT2D eigenvalue weighted by Gasteiger charge is -2.27. The molecule has 1 saturated carbocycles. The van der Waals surface area contributed by atoms with Gasteiger partial charge in [0.1, 0.15) is 11.9 Å². The first kappa shape index (κ1) is 18.0. The first-order valence-corrected chi connectivity index (χ1v) is 10.1. The van der Waals surface area contributed by atoms with Gasteiger partial charge >= 0.3 is 0 Å². The number of hydrogen-bond donors (Lipinski definition) is 1. The van der Waals surface area contributed by atoms with Gasteiger partial charge in [0.25, 0.3) is 0 Å². The van der Waals surface area contributed by atoms with Crippen molar-refractivity contribution in [2.24, 2.45) is 5.92 Å². The van der Waals surface area contributed by atoms with Gasteiger partial charge < -0.3 is 19.4 Å². The Morgan fingerprint density at radius 3 is 2.66 bits per heavy atom. The minimum absolute atomic E-state index is 0.0464. The minimum Gasteiger partial charge on any atom is -0.454 e. The summed E-state index contributed by atoms with van der Waals surface area (Å²) < 4.78 is 13.1. The van der Waals surface area contributed by atoms with Crippen molar-refractivity contribution >= 4 is 16.9 Å². The van der Waals surface area contributed by atoms with Gasteiger partial charge in [-0.25, -0.2) is 4.98 Å². The average molecular weight is 391 g/mol. The number of para-hydroxylation sites is 2. The second-order valence-corrected chi connectivity index (χ2v) is 8.88. The zero-order chi connectivity index (χ0) is 20.2. The number of carbonyl (C=O) groups is 1. The highest BCUT2D eigenvalue weighted by molar-refractivity contribution is 5.88. The third-order valence-electron chi connectivity index (χ3n) is 5.34. The van der Waals surface area contributed by atoms with E-state index < -0.39 is 0 Å². The van der Waals surface area contributed by atoms with Crippen LogP contribution in [0.25, 0.3) is 22.4 Å². The number of aromatic nitrogens is 2. The SMILES string of the molecule is CC(C)(C)NC(=O)C(C1CC1)n1c(-c2ccc3c(c2)OCO3)nc2ccccc21. The molecule has 6 heteroatoms. The zero-order valence-corrected chi connectivity index (χ0v) is 16.9. The summed E-state index contributed by atoms with van der Waals surface area (Å²) in [7, 11) is 0. The van der Waals surface area contributed by atoms with Crippen LogP contribution in [0, 0.1) is 5.92 Å². The van der Waals surface area contributed by atoms with Gasteiger partial charge in [-0.05, 0) is 69.9 Å². The maximum atomic E-state index is 13.3. The molecule has 2 aromatic carbocycles. The second kappa shape index (κ2) is 6.51. The number of amides is 1. The van der Waals surface area contributed by atoms with Crippen LogP contribution in [0.3, 0.4) is 0 Å². The predicted octanol–water partition coefficient (Wildman–Crippen LogP) is 4.30. The Bertz CT molecular complexity index is 1090. The summed E-state index contributed by atoms with van der Waals surface area (Å²) in [6, 6.07) is 13.6. The van der Waals surface area contributed by atoms with Crippen LogP contribution in [0.2, 0.25) is 0 Å². The van der Waals surface area contributed by atoms with Crippen LogP contribution < -0.4 is 14.8 Å². The summed E-state index contributed by atoms with van der Waals surface area (Å²) in [6.07, 6.45) is 2.10. The average Bonchev–Trinajstić information content (AvgIpc) is 3.25. The molecular formula is C23H25N3O3. The van der Waals surface area contributed by atoms with E-state index in [2.05, 4.69) is 9.88 Å². The molecule has 2 heterocycles. The van der Waals surface area contributed by atoms with Crippen LogP contribution in [0.15, 0.2) is 42.5 Å². The summed E-state index contributed by atoms with van der Waals surface area (Å²) in [5, 5.41) is 3.18. The van der Waals surface area contributed by atoms with Gasteiger partial charge in [-0.3, -0.25) is 4.79 Å². The largest absolute Gasteiger partial charge is 0.454 e.